The standard InChI is InChI=1S/C24H26N4OS/c1-4-5-11-25-22-21-20(26-14-27-22)18-16-12-24(2,3)29-13-17(16)19(28-23(18)30-21)15-9-7-6-8-10-15/h6-10,14H,4-5,11-13H2,1-3H3,(H,25,26,27). The zero-order valence-electron chi connectivity index (χ0n) is 17.7. The lowest BCUT2D eigenvalue weighted by Gasteiger charge is -2.33. The van der Waals surface area contributed by atoms with E-state index >= 15 is 0 Å². The molecule has 1 N–H and O–H groups in total. The van der Waals surface area contributed by atoms with Gasteiger partial charge in [-0.25, -0.2) is 15.0 Å². The molecule has 0 saturated heterocycles. The summed E-state index contributed by atoms with van der Waals surface area (Å²) in [5.74, 6) is 0.915. The second-order valence-electron chi connectivity index (χ2n) is 8.47. The number of benzene rings is 1. The van der Waals surface area contributed by atoms with Gasteiger partial charge < -0.3 is 10.1 Å². The van der Waals surface area contributed by atoms with Crippen LogP contribution in [0, 0.1) is 0 Å². The molecular formula is C24H26N4OS. The Hall–Kier alpha value is -2.57. The van der Waals surface area contributed by atoms with Crippen molar-refractivity contribution in [2.45, 2.75) is 52.2 Å². The van der Waals surface area contributed by atoms with Gasteiger partial charge in [0.2, 0.25) is 0 Å². The van der Waals surface area contributed by atoms with Crippen LogP contribution in [0.15, 0.2) is 36.7 Å². The average molecular weight is 419 g/mol. The van der Waals surface area contributed by atoms with Gasteiger partial charge in [-0.15, -0.1) is 11.3 Å². The van der Waals surface area contributed by atoms with Gasteiger partial charge in [0.05, 0.1) is 28.1 Å². The molecular weight excluding hydrogens is 392 g/mol. The topological polar surface area (TPSA) is 59.9 Å². The van der Waals surface area contributed by atoms with Crippen molar-refractivity contribution < 1.29 is 4.74 Å². The minimum Gasteiger partial charge on any atom is -0.370 e. The van der Waals surface area contributed by atoms with Crippen LogP contribution in [-0.4, -0.2) is 27.1 Å². The van der Waals surface area contributed by atoms with Crippen LogP contribution in [0.2, 0.25) is 0 Å². The largest absolute Gasteiger partial charge is 0.370 e. The number of ether oxygens (including phenoxy) is 1. The van der Waals surface area contributed by atoms with Gasteiger partial charge in [0.25, 0.3) is 0 Å². The van der Waals surface area contributed by atoms with Crippen LogP contribution in [0.4, 0.5) is 5.82 Å². The van der Waals surface area contributed by atoms with Crippen LogP contribution in [-0.2, 0) is 17.8 Å². The van der Waals surface area contributed by atoms with Crippen molar-refractivity contribution in [1.82, 2.24) is 15.0 Å². The van der Waals surface area contributed by atoms with Gasteiger partial charge in [-0.2, -0.15) is 0 Å². The van der Waals surface area contributed by atoms with Gasteiger partial charge in [-0.3, -0.25) is 0 Å². The Morgan fingerprint density at radius 1 is 1.13 bits per heavy atom. The third-order valence-electron chi connectivity index (χ3n) is 5.70. The number of hydrogen-bond acceptors (Lipinski definition) is 6. The smallest absolute Gasteiger partial charge is 0.147 e. The van der Waals surface area contributed by atoms with Crippen LogP contribution in [0.1, 0.15) is 44.7 Å². The molecule has 0 fully saturated rings. The number of rotatable bonds is 5. The van der Waals surface area contributed by atoms with E-state index in [1.807, 2.05) is 6.07 Å². The number of aromatic nitrogens is 3. The van der Waals surface area contributed by atoms with Crippen molar-refractivity contribution in [1.29, 1.82) is 0 Å². The number of pyridine rings is 1. The summed E-state index contributed by atoms with van der Waals surface area (Å²) in [6.45, 7) is 8.00. The first-order valence-electron chi connectivity index (χ1n) is 10.6. The molecule has 6 heteroatoms. The Bertz CT molecular complexity index is 1220. The van der Waals surface area contributed by atoms with E-state index in [2.05, 4.69) is 55.3 Å². The number of nitrogens with one attached hydrogen (secondary N) is 1. The number of anilines is 1. The van der Waals surface area contributed by atoms with E-state index in [-0.39, 0.29) is 5.60 Å². The quantitative estimate of drug-likeness (QED) is 0.405. The molecule has 5 nitrogen and oxygen atoms in total. The Labute approximate surface area is 180 Å². The SMILES string of the molecule is CCCCNc1ncnc2c1sc1nc(-c3ccccc3)c3c(c12)CC(C)(C)OC3. The highest BCUT2D eigenvalue weighted by Gasteiger charge is 2.32. The first kappa shape index (κ1) is 19.4. The molecule has 1 aromatic carbocycles. The molecule has 30 heavy (non-hydrogen) atoms. The molecule has 4 aromatic rings. The third kappa shape index (κ3) is 3.34. The molecule has 0 unspecified atom stereocenters. The number of unbranched alkanes of at least 4 members (excludes halogenated alkanes) is 1. The highest BCUT2D eigenvalue weighted by molar-refractivity contribution is 7.26. The zero-order chi connectivity index (χ0) is 20.7. The van der Waals surface area contributed by atoms with Gasteiger partial charge in [0.15, 0.2) is 0 Å². The maximum Gasteiger partial charge on any atom is 0.147 e. The summed E-state index contributed by atoms with van der Waals surface area (Å²) in [7, 11) is 0. The lowest BCUT2D eigenvalue weighted by molar-refractivity contribution is -0.0394. The van der Waals surface area contributed by atoms with E-state index in [0.29, 0.717) is 6.61 Å². The van der Waals surface area contributed by atoms with E-state index in [4.69, 9.17) is 14.7 Å². The fourth-order valence-corrected chi connectivity index (χ4v) is 5.28. The van der Waals surface area contributed by atoms with Crippen LogP contribution in [0.3, 0.4) is 0 Å². The summed E-state index contributed by atoms with van der Waals surface area (Å²) in [5, 5.41) is 4.67. The van der Waals surface area contributed by atoms with Crippen molar-refractivity contribution in [2.24, 2.45) is 0 Å². The molecule has 154 valence electrons. The summed E-state index contributed by atoms with van der Waals surface area (Å²) >= 11 is 1.69. The van der Waals surface area contributed by atoms with E-state index < -0.39 is 0 Å². The molecule has 0 radical (unpaired) electrons. The predicted octanol–water partition coefficient (Wildman–Crippen LogP) is 5.97. The predicted molar refractivity (Wildman–Crippen MR) is 124 cm³/mol. The van der Waals surface area contributed by atoms with Gasteiger partial charge in [0.1, 0.15) is 17.0 Å². The zero-order valence-corrected chi connectivity index (χ0v) is 18.5. The molecule has 0 amide bonds. The average Bonchev–Trinajstić information content (AvgIpc) is 3.13. The first-order chi connectivity index (χ1) is 14.6. The van der Waals surface area contributed by atoms with Gasteiger partial charge in [-0.05, 0) is 25.8 Å². The van der Waals surface area contributed by atoms with E-state index in [9.17, 15) is 0 Å². The molecule has 4 heterocycles. The molecule has 0 spiro atoms. The van der Waals surface area contributed by atoms with Gasteiger partial charge >= 0.3 is 0 Å². The monoisotopic (exact) mass is 418 g/mol. The number of nitrogens with zero attached hydrogens (tertiary/aromatic N) is 3. The fraction of sp³-hybridized carbons (Fsp3) is 0.375. The van der Waals surface area contributed by atoms with Crippen LogP contribution >= 0.6 is 11.3 Å². The van der Waals surface area contributed by atoms with E-state index in [1.54, 1.807) is 17.7 Å². The van der Waals surface area contributed by atoms with E-state index in [0.717, 1.165) is 57.9 Å². The maximum atomic E-state index is 6.20. The van der Waals surface area contributed by atoms with Crippen LogP contribution in [0.5, 0.6) is 0 Å². The lowest BCUT2D eigenvalue weighted by Crippen LogP contribution is -2.32. The first-order valence-corrected chi connectivity index (χ1v) is 11.4. The molecule has 0 saturated carbocycles. The summed E-state index contributed by atoms with van der Waals surface area (Å²) in [6.07, 6.45) is 4.78. The van der Waals surface area contributed by atoms with Crippen LogP contribution < -0.4 is 5.32 Å². The van der Waals surface area contributed by atoms with Crippen molar-refractivity contribution >= 4 is 37.6 Å². The summed E-state index contributed by atoms with van der Waals surface area (Å²) in [5.41, 5.74) is 5.45. The Kier molecular flexibility index (Phi) is 4.91. The minimum absolute atomic E-state index is 0.210. The molecule has 5 rings (SSSR count). The number of hydrogen-bond donors (Lipinski definition) is 1. The summed E-state index contributed by atoms with van der Waals surface area (Å²) in [4.78, 5) is 15.4. The minimum atomic E-state index is -0.210. The molecule has 0 bridgehead atoms. The lowest BCUT2D eigenvalue weighted by atomic mass is 9.88. The van der Waals surface area contributed by atoms with E-state index in [1.165, 1.54) is 16.5 Å². The van der Waals surface area contributed by atoms with Crippen molar-refractivity contribution in [2.75, 3.05) is 11.9 Å². The van der Waals surface area contributed by atoms with Crippen molar-refractivity contribution in [3.63, 3.8) is 0 Å². The Morgan fingerprint density at radius 3 is 2.77 bits per heavy atom. The Balaban J connectivity index is 1.77. The molecule has 3 aromatic heterocycles. The number of thiophene rings is 1. The van der Waals surface area contributed by atoms with Crippen molar-refractivity contribution in [3.05, 3.63) is 47.8 Å². The van der Waals surface area contributed by atoms with Gasteiger partial charge in [0, 0.05) is 29.5 Å². The molecule has 1 aliphatic heterocycles. The maximum absolute atomic E-state index is 6.20. The highest BCUT2D eigenvalue weighted by Crippen LogP contribution is 2.43. The molecule has 0 atom stereocenters. The molecule has 0 aliphatic carbocycles. The second-order valence-corrected chi connectivity index (χ2v) is 9.47. The second kappa shape index (κ2) is 7.60. The van der Waals surface area contributed by atoms with Crippen molar-refractivity contribution in [3.8, 4) is 11.3 Å². The Morgan fingerprint density at radius 2 is 1.97 bits per heavy atom. The van der Waals surface area contributed by atoms with Gasteiger partial charge in [-0.1, -0.05) is 43.7 Å². The highest BCUT2D eigenvalue weighted by atomic mass is 32.1. The van der Waals surface area contributed by atoms with Crippen LogP contribution in [0.25, 0.3) is 31.7 Å². The normalized spacial score (nSPS) is 15.4. The summed E-state index contributed by atoms with van der Waals surface area (Å²) < 4.78 is 7.29. The molecule has 1 aliphatic rings. The third-order valence-corrected chi connectivity index (χ3v) is 6.78. The number of fused-ring (bicyclic) bond motifs is 5. The fourth-order valence-electron chi connectivity index (χ4n) is 4.15. The summed E-state index contributed by atoms with van der Waals surface area (Å²) in [6, 6.07) is 10.4.